The van der Waals surface area contributed by atoms with E-state index in [0.29, 0.717) is 19.4 Å². The van der Waals surface area contributed by atoms with Crippen molar-refractivity contribution in [3.8, 4) is 0 Å². The van der Waals surface area contributed by atoms with Gasteiger partial charge in [-0.25, -0.2) is 18.4 Å². The van der Waals surface area contributed by atoms with E-state index in [1.807, 2.05) is 0 Å². The molecule has 0 saturated carbocycles. The minimum Gasteiger partial charge on any atom is -0.480 e. The van der Waals surface area contributed by atoms with Crippen LogP contribution in [0, 0.1) is 0 Å². The van der Waals surface area contributed by atoms with Crippen LogP contribution < -0.4 is 16.2 Å². The molecule has 1 aromatic rings. The van der Waals surface area contributed by atoms with Crippen LogP contribution in [0.3, 0.4) is 0 Å². The van der Waals surface area contributed by atoms with Gasteiger partial charge in [0.1, 0.15) is 6.04 Å². The zero-order valence-corrected chi connectivity index (χ0v) is 12.7. The molecule has 0 fully saturated rings. The highest BCUT2D eigenvalue weighted by Crippen LogP contribution is 2.09. The van der Waals surface area contributed by atoms with E-state index >= 15 is 0 Å². The Balaban J connectivity index is 2.75. The van der Waals surface area contributed by atoms with Crippen molar-refractivity contribution in [1.82, 2.24) is 5.32 Å². The molecule has 1 unspecified atom stereocenters. The number of carboxylic acid groups (broad SMARTS) is 1. The van der Waals surface area contributed by atoms with Crippen LogP contribution in [0.2, 0.25) is 0 Å². The highest BCUT2D eigenvalue weighted by molar-refractivity contribution is 7.89. The van der Waals surface area contributed by atoms with Gasteiger partial charge in [0, 0.05) is 5.56 Å². The third kappa shape index (κ3) is 5.43. The van der Waals surface area contributed by atoms with Crippen molar-refractivity contribution in [3.05, 3.63) is 29.8 Å². The molecule has 0 spiro atoms. The molecule has 1 rings (SSSR count). The summed E-state index contributed by atoms with van der Waals surface area (Å²) in [5.41, 5.74) is 5.49. The molecule has 1 atom stereocenters. The van der Waals surface area contributed by atoms with Crippen LogP contribution in [0.1, 0.15) is 29.6 Å². The molecule has 0 radical (unpaired) electrons. The van der Waals surface area contributed by atoms with Crippen molar-refractivity contribution in [3.63, 3.8) is 0 Å². The Kier molecular flexibility index (Phi) is 6.47. The van der Waals surface area contributed by atoms with Gasteiger partial charge in [-0.05, 0) is 50.1 Å². The third-order valence-corrected chi connectivity index (χ3v) is 3.92. The van der Waals surface area contributed by atoms with Crippen molar-refractivity contribution in [2.24, 2.45) is 10.9 Å². The molecule has 8 nitrogen and oxygen atoms in total. The van der Waals surface area contributed by atoms with Crippen molar-refractivity contribution in [2.45, 2.75) is 30.2 Å². The Morgan fingerprint density at radius 2 is 1.77 bits per heavy atom. The molecule has 0 bridgehead atoms. The molecule has 22 heavy (non-hydrogen) atoms. The van der Waals surface area contributed by atoms with Crippen LogP contribution in [0.15, 0.2) is 29.2 Å². The molecule has 0 aliphatic rings. The number of hydrogen-bond acceptors (Lipinski definition) is 5. The Morgan fingerprint density at radius 3 is 2.23 bits per heavy atom. The van der Waals surface area contributed by atoms with Crippen molar-refractivity contribution >= 4 is 21.9 Å². The van der Waals surface area contributed by atoms with Crippen LogP contribution in [0.25, 0.3) is 0 Å². The Labute approximate surface area is 128 Å². The van der Waals surface area contributed by atoms with Gasteiger partial charge < -0.3 is 16.2 Å². The van der Waals surface area contributed by atoms with E-state index in [0.717, 1.165) is 0 Å². The predicted octanol–water partition coefficient (Wildman–Crippen LogP) is -0.354. The fraction of sp³-hybridized carbons (Fsp3) is 0.385. The second-order valence-corrected chi connectivity index (χ2v) is 6.28. The standard InChI is InChI=1S/C13H19N3O5S/c14-8-2-1-3-11(13(18)19)16-12(17)9-4-6-10(7-5-9)22(15,20)21/h4-7,11H,1-3,8,14H2,(H,16,17)(H,18,19)(H2,15,20,21). The summed E-state index contributed by atoms with van der Waals surface area (Å²) >= 11 is 0. The van der Waals surface area contributed by atoms with Gasteiger partial charge in [0.05, 0.1) is 4.90 Å². The number of primary sulfonamides is 1. The topological polar surface area (TPSA) is 153 Å². The van der Waals surface area contributed by atoms with E-state index in [-0.39, 0.29) is 16.9 Å². The Hall–Kier alpha value is -1.97. The molecule has 1 aromatic carbocycles. The second kappa shape index (κ2) is 7.87. The maximum atomic E-state index is 12.0. The fourth-order valence-electron chi connectivity index (χ4n) is 1.79. The summed E-state index contributed by atoms with van der Waals surface area (Å²) in [6.07, 6.45) is 1.52. The van der Waals surface area contributed by atoms with Crippen LogP contribution >= 0.6 is 0 Å². The summed E-state index contributed by atoms with van der Waals surface area (Å²) in [5.74, 6) is -1.73. The largest absolute Gasteiger partial charge is 0.480 e. The van der Waals surface area contributed by atoms with E-state index in [1.165, 1.54) is 24.3 Å². The summed E-state index contributed by atoms with van der Waals surface area (Å²) in [6, 6.07) is 3.90. The lowest BCUT2D eigenvalue weighted by molar-refractivity contribution is -0.139. The quantitative estimate of drug-likeness (QED) is 0.478. The average molecular weight is 329 g/mol. The SMILES string of the molecule is NCCCCC(NC(=O)c1ccc(S(N)(=O)=O)cc1)C(=O)O. The minimum absolute atomic E-state index is 0.123. The Bertz CT molecular complexity index is 628. The van der Waals surface area contributed by atoms with E-state index in [9.17, 15) is 18.0 Å². The molecule has 9 heteroatoms. The maximum absolute atomic E-state index is 12.0. The number of rotatable bonds is 8. The predicted molar refractivity (Wildman–Crippen MR) is 79.6 cm³/mol. The first kappa shape index (κ1) is 18.1. The van der Waals surface area contributed by atoms with Crippen molar-refractivity contribution in [1.29, 1.82) is 0 Å². The van der Waals surface area contributed by atoms with E-state index in [2.05, 4.69) is 5.32 Å². The van der Waals surface area contributed by atoms with Gasteiger partial charge in [-0.15, -0.1) is 0 Å². The third-order valence-electron chi connectivity index (χ3n) is 3.00. The van der Waals surface area contributed by atoms with Gasteiger partial charge in [0.15, 0.2) is 0 Å². The van der Waals surface area contributed by atoms with Crippen LogP contribution in [0.4, 0.5) is 0 Å². The summed E-state index contributed by atoms with van der Waals surface area (Å²) < 4.78 is 22.2. The summed E-state index contributed by atoms with van der Waals surface area (Å²) in [5, 5.41) is 16.4. The van der Waals surface area contributed by atoms with Gasteiger partial charge in [-0.1, -0.05) is 0 Å². The molecule has 6 N–H and O–H groups in total. The number of nitrogens with one attached hydrogen (secondary N) is 1. The number of unbranched alkanes of at least 4 members (excludes halogenated alkanes) is 1. The number of amides is 1. The van der Waals surface area contributed by atoms with Gasteiger partial charge in [-0.2, -0.15) is 0 Å². The first-order chi connectivity index (χ1) is 10.3. The number of aliphatic carboxylic acids is 1. The monoisotopic (exact) mass is 329 g/mol. The van der Waals surface area contributed by atoms with Gasteiger partial charge in [0.25, 0.3) is 5.91 Å². The van der Waals surface area contributed by atoms with Gasteiger partial charge >= 0.3 is 5.97 Å². The summed E-state index contributed by atoms with van der Waals surface area (Å²) in [7, 11) is -3.83. The Morgan fingerprint density at radius 1 is 1.18 bits per heavy atom. The first-order valence-electron chi connectivity index (χ1n) is 6.62. The van der Waals surface area contributed by atoms with E-state index in [4.69, 9.17) is 16.0 Å². The lowest BCUT2D eigenvalue weighted by atomic mass is 10.1. The number of sulfonamides is 1. The number of hydrogen-bond donors (Lipinski definition) is 4. The smallest absolute Gasteiger partial charge is 0.326 e. The van der Waals surface area contributed by atoms with Crippen LogP contribution in [-0.4, -0.2) is 38.0 Å². The zero-order chi connectivity index (χ0) is 16.8. The highest BCUT2D eigenvalue weighted by atomic mass is 32.2. The van der Waals surface area contributed by atoms with Crippen molar-refractivity contribution < 1.29 is 23.1 Å². The molecular weight excluding hydrogens is 310 g/mol. The molecule has 0 aliphatic heterocycles. The second-order valence-electron chi connectivity index (χ2n) is 4.72. The maximum Gasteiger partial charge on any atom is 0.326 e. The van der Waals surface area contributed by atoms with Crippen LogP contribution in [0.5, 0.6) is 0 Å². The van der Waals surface area contributed by atoms with Gasteiger partial charge in [-0.3, -0.25) is 4.79 Å². The molecule has 0 heterocycles. The molecular formula is C13H19N3O5S. The van der Waals surface area contributed by atoms with Gasteiger partial charge in [0.2, 0.25) is 10.0 Å². The molecule has 0 aliphatic carbocycles. The summed E-state index contributed by atoms with van der Waals surface area (Å²) in [6.45, 7) is 0.454. The van der Waals surface area contributed by atoms with Crippen molar-refractivity contribution in [2.75, 3.05) is 6.54 Å². The highest BCUT2D eigenvalue weighted by Gasteiger charge is 2.20. The minimum atomic E-state index is -3.83. The number of carbonyl (C=O) groups is 2. The number of benzene rings is 1. The lowest BCUT2D eigenvalue weighted by Crippen LogP contribution is -2.40. The first-order valence-corrected chi connectivity index (χ1v) is 8.17. The van der Waals surface area contributed by atoms with Crippen LogP contribution in [-0.2, 0) is 14.8 Å². The van der Waals surface area contributed by atoms with E-state index in [1.54, 1.807) is 0 Å². The molecule has 0 saturated heterocycles. The zero-order valence-electron chi connectivity index (χ0n) is 11.9. The molecule has 1 amide bonds. The number of nitrogens with two attached hydrogens (primary N) is 2. The summed E-state index contributed by atoms with van der Waals surface area (Å²) in [4.78, 5) is 23.0. The molecule has 0 aromatic heterocycles. The molecule has 122 valence electrons. The lowest BCUT2D eigenvalue weighted by Gasteiger charge is -2.14. The van der Waals surface area contributed by atoms with E-state index < -0.39 is 27.9 Å². The fourth-order valence-corrected chi connectivity index (χ4v) is 2.30. The average Bonchev–Trinajstić information content (AvgIpc) is 2.45. The normalized spacial score (nSPS) is 12.6. The number of carbonyl (C=O) groups excluding carboxylic acids is 1. The number of carboxylic acids is 1.